The molecule has 0 radical (unpaired) electrons. The first kappa shape index (κ1) is 14.5. The third kappa shape index (κ3) is 6.05. The molecule has 0 saturated heterocycles. The zero-order valence-corrected chi connectivity index (χ0v) is 11.5. The summed E-state index contributed by atoms with van der Waals surface area (Å²) in [6.45, 7) is 2.41. The third-order valence-electron chi connectivity index (χ3n) is 2.42. The fraction of sp³-hybridized carbons (Fsp3) is 0.500. The summed E-state index contributed by atoms with van der Waals surface area (Å²) in [6, 6.07) is 7.43. The van der Waals surface area contributed by atoms with E-state index in [0.29, 0.717) is 24.4 Å². The molecule has 0 saturated carbocycles. The predicted octanol–water partition coefficient (Wildman–Crippen LogP) is 2.60. The SMILES string of the molecule is CCCCS(=O)(=O)NCCc1ccc(Cl)cc1. The van der Waals surface area contributed by atoms with E-state index in [1.54, 1.807) is 0 Å². The lowest BCUT2D eigenvalue weighted by molar-refractivity contribution is 0.578. The number of sulfonamides is 1. The highest BCUT2D eigenvalue weighted by atomic mass is 35.5. The molecule has 0 amide bonds. The van der Waals surface area contributed by atoms with E-state index in [4.69, 9.17) is 11.6 Å². The minimum Gasteiger partial charge on any atom is -0.215 e. The van der Waals surface area contributed by atoms with E-state index in [2.05, 4.69) is 4.72 Å². The van der Waals surface area contributed by atoms with Crippen LogP contribution in [0.15, 0.2) is 24.3 Å². The maximum Gasteiger partial charge on any atom is 0.211 e. The Morgan fingerprint density at radius 3 is 2.47 bits per heavy atom. The van der Waals surface area contributed by atoms with E-state index in [1.807, 2.05) is 31.2 Å². The average molecular weight is 276 g/mol. The van der Waals surface area contributed by atoms with Gasteiger partial charge in [-0.05, 0) is 30.5 Å². The van der Waals surface area contributed by atoms with Crippen molar-refractivity contribution in [3.8, 4) is 0 Å². The molecule has 0 atom stereocenters. The van der Waals surface area contributed by atoms with Crippen molar-refractivity contribution in [3.05, 3.63) is 34.9 Å². The summed E-state index contributed by atoms with van der Waals surface area (Å²) in [6.07, 6.45) is 2.27. The molecule has 96 valence electrons. The first-order valence-corrected chi connectivity index (χ1v) is 7.78. The molecule has 0 aromatic heterocycles. The van der Waals surface area contributed by atoms with Crippen LogP contribution >= 0.6 is 11.6 Å². The Kier molecular flexibility index (Phi) is 5.95. The molecule has 0 aliphatic heterocycles. The van der Waals surface area contributed by atoms with Gasteiger partial charge in [0, 0.05) is 11.6 Å². The molecule has 1 aromatic carbocycles. The summed E-state index contributed by atoms with van der Waals surface area (Å²) < 4.78 is 25.6. The van der Waals surface area contributed by atoms with Gasteiger partial charge in [-0.15, -0.1) is 0 Å². The molecule has 0 aliphatic carbocycles. The van der Waals surface area contributed by atoms with Crippen molar-refractivity contribution < 1.29 is 8.42 Å². The molecule has 1 rings (SSSR count). The first-order valence-electron chi connectivity index (χ1n) is 5.75. The Labute approximate surface area is 108 Å². The van der Waals surface area contributed by atoms with Gasteiger partial charge in [-0.25, -0.2) is 13.1 Å². The van der Waals surface area contributed by atoms with Gasteiger partial charge in [0.15, 0.2) is 0 Å². The van der Waals surface area contributed by atoms with Crippen molar-refractivity contribution in [2.75, 3.05) is 12.3 Å². The second-order valence-corrected chi connectivity index (χ2v) is 6.31. The number of hydrogen-bond donors (Lipinski definition) is 1. The zero-order chi connectivity index (χ0) is 12.7. The van der Waals surface area contributed by atoms with Gasteiger partial charge in [-0.1, -0.05) is 37.1 Å². The van der Waals surface area contributed by atoms with Crippen molar-refractivity contribution >= 4 is 21.6 Å². The highest BCUT2D eigenvalue weighted by Crippen LogP contribution is 2.09. The van der Waals surface area contributed by atoms with E-state index in [0.717, 1.165) is 12.0 Å². The topological polar surface area (TPSA) is 46.2 Å². The first-order chi connectivity index (χ1) is 8.03. The number of hydrogen-bond acceptors (Lipinski definition) is 2. The third-order valence-corrected chi connectivity index (χ3v) is 4.14. The number of nitrogens with one attached hydrogen (secondary N) is 1. The number of rotatable bonds is 7. The molecule has 0 fully saturated rings. The van der Waals surface area contributed by atoms with Gasteiger partial charge in [0.1, 0.15) is 0 Å². The Balaban J connectivity index is 2.34. The second-order valence-electron chi connectivity index (χ2n) is 3.94. The monoisotopic (exact) mass is 275 g/mol. The van der Waals surface area contributed by atoms with Crippen LogP contribution in [-0.2, 0) is 16.4 Å². The van der Waals surface area contributed by atoms with Gasteiger partial charge in [0.25, 0.3) is 0 Å². The van der Waals surface area contributed by atoms with Crippen molar-refractivity contribution in [3.63, 3.8) is 0 Å². The molecular formula is C12H18ClNO2S. The minimum absolute atomic E-state index is 0.212. The maximum atomic E-state index is 11.5. The second kappa shape index (κ2) is 6.99. The Morgan fingerprint density at radius 2 is 1.88 bits per heavy atom. The standard InChI is InChI=1S/C12H18ClNO2S/c1-2-3-10-17(15,16)14-9-8-11-4-6-12(13)7-5-11/h4-7,14H,2-3,8-10H2,1H3. The fourth-order valence-corrected chi connectivity index (χ4v) is 2.76. The molecular weight excluding hydrogens is 258 g/mol. The summed E-state index contributed by atoms with van der Waals surface area (Å²) in [5.41, 5.74) is 1.08. The van der Waals surface area contributed by atoms with E-state index in [-0.39, 0.29) is 5.75 Å². The fourth-order valence-electron chi connectivity index (χ4n) is 1.41. The zero-order valence-electron chi connectivity index (χ0n) is 9.95. The Morgan fingerprint density at radius 1 is 1.24 bits per heavy atom. The highest BCUT2D eigenvalue weighted by molar-refractivity contribution is 7.89. The van der Waals surface area contributed by atoms with E-state index < -0.39 is 10.0 Å². The van der Waals surface area contributed by atoms with Crippen LogP contribution in [0.25, 0.3) is 0 Å². The predicted molar refractivity (Wildman–Crippen MR) is 71.9 cm³/mol. The van der Waals surface area contributed by atoms with Gasteiger partial charge in [-0.3, -0.25) is 0 Å². The normalized spacial score (nSPS) is 11.6. The molecule has 1 N–H and O–H groups in total. The largest absolute Gasteiger partial charge is 0.215 e. The molecule has 3 nitrogen and oxygen atoms in total. The lowest BCUT2D eigenvalue weighted by Crippen LogP contribution is -2.28. The number of benzene rings is 1. The molecule has 0 bridgehead atoms. The van der Waals surface area contributed by atoms with Gasteiger partial charge >= 0.3 is 0 Å². The van der Waals surface area contributed by atoms with E-state index in [1.165, 1.54) is 0 Å². The van der Waals surface area contributed by atoms with Crippen molar-refractivity contribution in [2.24, 2.45) is 0 Å². The summed E-state index contributed by atoms with van der Waals surface area (Å²) in [5.74, 6) is 0.212. The Hall–Kier alpha value is -0.580. The van der Waals surface area contributed by atoms with Crippen molar-refractivity contribution in [2.45, 2.75) is 26.2 Å². The smallest absolute Gasteiger partial charge is 0.211 e. The van der Waals surface area contributed by atoms with Gasteiger partial charge in [0.2, 0.25) is 10.0 Å². The molecule has 1 aromatic rings. The molecule has 0 unspecified atom stereocenters. The maximum absolute atomic E-state index is 11.5. The lowest BCUT2D eigenvalue weighted by Gasteiger charge is -2.06. The molecule has 0 heterocycles. The minimum atomic E-state index is -3.10. The quantitative estimate of drug-likeness (QED) is 0.831. The van der Waals surface area contributed by atoms with Crippen molar-refractivity contribution in [1.29, 1.82) is 0 Å². The average Bonchev–Trinajstić information content (AvgIpc) is 2.29. The van der Waals surface area contributed by atoms with Crippen molar-refractivity contribution in [1.82, 2.24) is 4.72 Å². The molecule has 17 heavy (non-hydrogen) atoms. The van der Waals surface area contributed by atoms with Gasteiger partial charge < -0.3 is 0 Å². The van der Waals surface area contributed by atoms with E-state index in [9.17, 15) is 8.42 Å². The van der Waals surface area contributed by atoms with Crippen LogP contribution in [-0.4, -0.2) is 20.7 Å². The van der Waals surface area contributed by atoms with Crippen LogP contribution in [0.4, 0.5) is 0 Å². The molecule has 0 spiro atoms. The number of halogens is 1. The lowest BCUT2D eigenvalue weighted by atomic mass is 10.2. The summed E-state index contributed by atoms with van der Waals surface area (Å²) in [4.78, 5) is 0. The van der Waals surface area contributed by atoms with Crippen LogP contribution in [0.2, 0.25) is 5.02 Å². The molecule has 0 aliphatic rings. The van der Waals surface area contributed by atoms with Gasteiger partial charge in [-0.2, -0.15) is 0 Å². The summed E-state index contributed by atoms with van der Waals surface area (Å²) >= 11 is 5.76. The van der Waals surface area contributed by atoms with Crippen LogP contribution in [0.5, 0.6) is 0 Å². The van der Waals surface area contributed by atoms with Crippen LogP contribution < -0.4 is 4.72 Å². The van der Waals surface area contributed by atoms with E-state index >= 15 is 0 Å². The van der Waals surface area contributed by atoms with Gasteiger partial charge in [0.05, 0.1) is 5.75 Å². The summed E-state index contributed by atoms with van der Waals surface area (Å²) in [7, 11) is -3.10. The van der Waals surface area contributed by atoms with Crippen LogP contribution in [0.3, 0.4) is 0 Å². The van der Waals surface area contributed by atoms with Crippen LogP contribution in [0, 0.1) is 0 Å². The summed E-state index contributed by atoms with van der Waals surface area (Å²) in [5, 5.41) is 0.692. The van der Waals surface area contributed by atoms with Crippen LogP contribution in [0.1, 0.15) is 25.3 Å². The highest BCUT2D eigenvalue weighted by Gasteiger charge is 2.07. The number of unbranched alkanes of at least 4 members (excludes halogenated alkanes) is 1. The Bertz CT molecular complexity index is 428. The molecule has 5 heteroatoms.